The highest BCUT2D eigenvalue weighted by Crippen LogP contribution is 2.55. The lowest BCUT2D eigenvalue weighted by Gasteiger charge is -2.41. The normalized spacial score (nSPS) is 12.4. The molecule has 2 nitrogen and oxygen atoms in total. The van der Waals surface area contributed by atoms with Gasteiger partial charge in [0.15, 0.2) is 0 Å². The highest BCUT2D eigenvalue weighted by Gasteiger charge is 2.43. The minimum Gasteiger partial charge on any atom is -0.315 e. The predicted octanol–water partition coefficient (Wildman–Crippen LogP) is 13.1. The van der Waals surface area contributed by atoms with Gasteiger partial charge in [-0.3, -0.25) is 0 Å². The van der Waals surface area contributed by atoms with E-state index >= 15 is 0 Å². The lowest BCUT2D eigenvalue weighted by molar-refractivity contribution is 0.524. The average Bonchev–Trinajstić information content (AvgIpc) is 3.25. The summed E-state index contributed by atoms with van der Waals surface area (Å²) in [7, 11) is 0. The van der Waals surface area contributed by atoms with E-state index in [-0.39, 0.29) is 19.0 Å². The first-order chi connectivity index (χ1) is 27.8. The van der Waals surface area contributed by atoms with Crippen LogP contribution in [0.5, 0.6) is 0 Å². The number of rotatable bonds is 22. The Balaban J connectivity index is 0.967. The number of hydrogen-bond donors (Lipinski definition) is 2. The molecule has 6 aromatic rings. The van der Waals surface area contributed by atoms with Gasteiger partial charge >= 0.3 is 0 Å². The van der Waals surface area contributed by atoms with E-state index in [1.807, 2.05) is 11.8 Å². The Kier molecular flexibility index (Phi) is 15.4. The molecule has 6 rings (SSSR count). The molecule has 57 heavy (non-hydrogen) atoms. The molecule has 0 aliphatic carbocycles. The van der Waals surface area contributed by atoms with E-state index in [0.717, 1.165) is 26.2 Å². The second kappa shape index (κ2) is 20.6. The number of benzene rings is 6. The molecule has 0 aliphatic rings. The minimum atomic E-state index is -0.323. The van der Waals surface area contributed by atoms with Crippen LogP contribution in [0.3, 0.4) is 0 Å². The molecule has 0 aromatic heterocycles. The van der Waals surface area contributed by atoms with Gasteiger partial charge in [-0.05, 0) is 66.6 Å². The molecule has 6 aromatic carbocycles. The molecule has 0 amide bonds. The van der Waals surface area contributed by atoms with Crippen LogP contribution >= 0.6 is 23.5 Å². The first-order valence-electron chi connectivity index (χ1n) is 20.9. The molecule has 0 saturated heterocycles. The number of hydrogen-bond acceptors (Lipinski definition) is 4. The molecule has 0 spiro atoms. The highest BCUT2D eigenvalue weighted by molar-refractivity contribution is 8.02. The fraction of sp³-hybridized carbons (Fsp3) is 0.321. The summed E-state index contributed by atoms with van der Waals surface area (Å²) in [5, 5.41) is 7.52. The van der Waals surface area contributed by atoms with Crippen LogP contribution in [0.2, 0.25) is 0 Å². The summed E-state index contributed by atoms with van der Waals surface area (Å²) < 4.78 is -0.555. The molecule has 0 unspecified atom stereocenters. The lowest BCUT2D eigenvalue weighted by Crippen LogP contribution is -2.40. The van der Waals surface area contributed by atoms with E-state index in [1.165, 1.54) is 65.5 Å². The second-order valence-corrected chi connectivity index (χ2v) is 20.2. The third-order valence-corrected chi connectivity index (χ3v) is 14.3. The first-order valence-corrected chi connectivity index (χ1v) is 22.5. The van der Waals surface area contributed by atoms with E-state index in [0.29, 0.717) is 0 Å². The number of nitrogens with one attached hydrogen (secondary N) is 2. The summed E-state index contributed by atoms with van der Waals surface area (Å²) in [6.45, 7) is 13.6. The Morgan fingerprint density at radius 3 is 0.982 bits per heavy atom. The van der Waals surface area contributed by atoms with E-state index in [4.69, 9.17) is 0 Å². The maximum Gasteiger partial charge on any atom is 0.0912 e. The standard InChI is InChI=1S/C53H62N2S2/c1-50(2,56-52(44-27-13-7-14-28-44,45-29-15-8-16-30-45)46-31-17-9-18-32-46)39-25-5-6-26-40-54-41-42-55-43-51(3,4)57-53(47-33-19-10-20-34-47,48-35-21-11-22-36-48)49-37-23-12-24-38-49/h7-24,27-38,54-55H,5-6,25-26,39-43H2,1-4H3. The molecule has 0 saturated carbocycles. The highest BCUT2D eigenvalue weighted by atomic mass is 32.2. The fourth-order valence-electron chi connectivity index (χ4n) is 8.15. The van der Waals surface area contributed by atoms with E-state index in [9.17, 15) is 0 Å². The summed E-state index contributed by atoms with van der Waals surface area (Å²) in [5.41, 5.74) is 7.94. The Morgan fingerprint density at radius 2 is 0.632 bits per heavy atom. The lowest BCUT2D eigenvalue weighted by atomic mass is 9.84. The third-order valence-electron chi connectivity index (χ3n) is 10.9. The monoisotopic (exact) mass is 790 g/mol. The third kappa shape index (κ3) is 11.1. The van der Waals surface area contributed by atoms with Crippen LogP contribution in [-0.4, -0.2) is 35.7 Å². The maximum atomic E-state index is 3.80. The molecule has 296 valence electrons. The Bertz CT molecular complexity index is 1660. The van der Waals surface area contributed by atoms with E-state index in [2.05, 4.69) is 232 Å². The zero-order valence-electron chi connectivity index (χ0n) is 34.5. The minimum absolute atomic E-state index is 0.0312. The molecular formula is C53H62N2S2. The van der Waals surface area contributed by atoms with Crippen molar-refractivity contribution >= 4 is 23.5 Å². The predicted molar refractivity (Wildman–Crippen MR) is 251 cm³/mol. The van der Waals surface area contributed by atoms with Gasteiger partial charge in [0.05, 0.1) is 9.49 Å². The zero-order chi connectivity index (χ0) is 39.9. The molecule has 0 fully saturated rings. The summed E-state index contributed by atoms with van der Waals surface area (Å²) in [6, 6.07) is 66.4. The molecular weight excluding hydrogens is 729 g/mol. The van der Waals surface area contributed by atoms with Gasteiger partial charge < -0.3 is 10.6 Å². The Labute approximate surface area is 352 Å². The van der Waals surface area contributed by atoms with Gasteiger partial charge in [-0.2, -0.15) is 0 Å². The van der Waals surface area contributed by atoms with Crippen LogP contribution in [-0.2, 0) is 9.49 Å². The quantitative estimate of drug-likeness (QED) is 0.0528. The summed E-state index contributed by atoms with van der Waals surface area (Å²) >= 11 is 4.16. The van der Waals surface area contributed by atoms with Crippen molar-refractivity contribution in [3.63, 3.8) is 0 Å². The van der Waals surface area contributed by atoms with Crippen LogP contribution in [0.25, 0.3) is 0 Å². The largest absolute Gasteiger partial charge is 0.315 e. The molecule has 4 heteroatoms. The van der Waals surface area contributed by atoms with E-state index < -0.39 is 0 Å². The first kappa shape index (κ1) is 42.5. The molecule has 0 aliphatic heterocycles. The topological polar surface area (TPSA) is 24.1 Å². The van der Waals surface area contributed by atoms with E-state index in [1.54, 1.807) is 0 Å². The van der Waals surface area contributed by atoms with Crippen molar-refractivity contribution < 1.29 is 0 Å². The van der Waals surface area contributed by atoms with Crippen molar-refractivity contribution in [2.45, 2.75) is 78.8 Å². The van der Waals surface area contributed by atoms with Gasteiger partial charge in [-0.15, -0.1) is 23.5 Å². The second-order valence-electron chi connectivity index (χ2n) is 16.4. The van der Waals surface area contributed by atoms with Gasteiger partial charge in [-0.25, -0.2) is 0 Å². The van der Waals surface area contributed by atoms with Crippen LogP contribution in [0.4, 0.5) is 0 Å². The Morgan fingerprint density at radius 1 is 0.333 bits per heavy atom. The van der Waals surface area contributed by atoms with Crippen molar-refractivity contribution in [2.24, 2.45) is 0 Å². The van der Waals surface area contributed by atoms with Crippen LogP contribution in [0.15, 0.2) is 182 Å². The fourth-order valence-corrected chi connectivity index (χ4v) is 11.8. The van der Waals surface area contributed by atoms with Gasteiger partial charge in [0.25, 0.3) is 0 Å². The van der Waals surface area contributed by atoms with Gasteiger partial charge in [-0.1, -0.05) is 215 Å². The molecule has 0 bridgehead atoms. The van der Waals surface area contributed by atoms with Crippen molar-refractivity contribution in [2.75, 3.05) is 26.2 Å². The summed E-state index contributed by atoms with van der Waals surface area (Å²) in [6.07, 6.45) is 6.14. The van der Waals surface area contributed by atoms with Crippen molar-refractivity contribution in [1.82, 2.24) is 10.6 Å². The van der Waals surface area contributed by atoms with Crippen molar-refractivity contribution in [1.29, 1.82) is 0 Å². The van der Waals surface area contributed by atoms with Crippen molar-refractivity contribution in [3.8, 4) is 0 Å². The Hall–Kier alpha value is -4.06. The molecule has 0 atom stereocenters. The molecule has 0 radical (unpaired) electrons. The van der Waals surface area contributed by atoms with Crippen LogP contribution < -0.4 is 10.6 Å². The SMILES string of the molecule is CC(C)(CCCCCCNCCNCC(C)(C)SC(c1ccccc1)(c1ccccc1)c1ccccc1)SC(c1ccccc1)(c1ccccc1)c1ccccc1. The summed E-state index contributed by atoms with van der Waals surface area (Å²) in [4.78, 5) is 0. The smallest absolute Gasteiger partial charge is 0.0912 e. The number of unbranched alkanes of at least 4 members (excludes halogenated alkanes) is 3. The van der Waals surface area contributed by atoms with Crippen LogP contribution in [0.1, 0.15) is 93.2 Å². The van der Waals surface area contributed by atoms with Gasteiger partial charge in [0.2, 0.25) is 0 Å². The van der Waals surface area contributed by atoms with Gasteiger partial charge in [0.1, 0.15) is 0 Å². The number of thioether (sulfide) groups is 2. The molecule has 2 N–H and O–H groups in total. The van der Waals surface area contributed by atoms with Crippen molar-refractivity contribution in [3.05, 3.63) is 215 Å². The zero-order valence-corrected chi connectivity index (χ0v) is 36.1. The molecule has 0 heterocycles. The van der Waals surface area contributed by atoms with Crippen LogP contribution in [0, 0.1) is 0 Å². The average molecular weight is 791 g/mol. The van der Waals surface area contributed by atoms with Gasteiger partial charge in [0, 0.05) is 29.1 Å². The maximum absolute atomic E-state index is 3.80. The summed E-state index contributed by atoms with van der Waals surface area (Å²) in [5.74, 6) is 0.